The maximum absolute atomic E-state index is 13.2. The lowest BCUT2D eigenvalue weighted by atomic mass is 10.1. The highest BCUT2D eigenvalue weighted by Gasteiger charge is 2.22. The number of hydrogen-bond acceptors (Lipinski definition) is 3. The molecule has 0 aromatic heterocycles. The summed E-state index contributed by atoms with van der Waals surface area (Å²) in [6, 6.07) is 10.6. The van der Waals surface area contributed by atoms with Gasteiger partial charge in [0.05, 0.1) is 6.54 Å². The van der Waals surface area contributed by atoms with E-state index >= 15 is 0 Å². The van der Waals surface area contributed by atoms with Crippen molar-refractivity contribution in [1.29, 1.82) is 0 Å². The number of nitrogens with one attached hydrogen (secondary N) is 2. The summed E-state index contributed by atoms with van der Waals surface area (Å²) in [6.07, 6.45) is 0.840. The minimum absolute atomic E-state index is 0.0486. The van der Waals surface area contributed by atoms with Gasteiger partial charge in [-0.15, -0.1) is 0 Å². The molecule has 1 aliphatic heterocycles. The van der Waals surface area contributed by atoms with E-state index in [-0.39, 0.29) is 25.0 Å². The number of amides is 3. The summed E-state index contributed by atoms with van der Waals surface area (Å²) >= 11 is 0. The summed E-state index contributed by atoms with van der Waals surface area (Å²) in [5.74, 6) is -1.43. The van der Waals surface area contributed by atoms with Gasteiger partial charge in [0.2, 0.25) is 5.91 Å². The molecule has 6 nitrogen and oxygen atoms in total. The van der Waals surface area contributed by atoms with Gasteiger partial charge in [0.25, 0.3) is 0 Å². The number of halogens is 2. The highest BCUT2D eigenvalue weighted by atomic mass is 19.1. The highest BCUT2D eigenvalue weighted by Crippen LogP contribution is 2.15. The van der Waals surface area contributed by atoms with Gasteiger partial charge in [-0.1, -0.05) is 25.1 Å². The van der Waals surface area contributed by atoms with Gasteiger partial charge in [-0.3, -0.25) is 9.69 Å². The number of carbonyl (C=O) groups excluding carboxylic acids is 2. The fraction of sp³-hybridized carbons (Fsp3) is 0.364. The molecule has 1 heterocycles. The summed E-state index contributed by atoms with van der Waals surface area (Å²) in [6.45, 7) is 4.45. The van der Waals surface area contributed by atoms with E-state index in [1.165, 1.54) is 12.1 Å². The van der Waals surface area contributed by atoms with Crippen LogP contribution in [-0.4, -0.2) is 54.5 Å². The summed E-state index contributed by atoms with van der Waals surface area (Å²) in [5, 5.41) is 5.64. The van der Waals surface area contributed by atoms with Crippen LogP contribution in [0.3, 0.4) is 0 Å². The molecule has 160 valence electrons. The second kappa shape index (κ2) is 10.2. The van der Waals surface area contributed by atoms with Crippen molar-refractivity contribution in [3.8, 4) is 0 Å². The second-order valence-corrected chi connectivity index (χ2v) is 7.26. The second-order valence-electron chi connectivity index (χ2n) is 7.26. The lowest BCUT2D eigenvalue weighted by Crippen LogP contribution is -2.52. The van der Waals surface area contributed by atoms with Crippen LogP contribution in [0.5, 0.6) is 0 Å². The number of urea groups is 1. The number of benzene rings is 2. The molecule has 0 bridgehead atoms. The van der Waals surface area contributed by atoms with Crippen molar-refractivity contribution >= 4 is 17.6 Å². The van der Waals surface area contributed by atoms with E-state index in [1.54, 1.807) is 4.90 Å². The van der Waals surface area contributed by atoms with Crippen LogP contribution >= 0.6 is 0 Å². The Morgan fingerprint density at radius 2 is 1.67 bits per heavy atom. The monoisotopic (exact) mass is 416 g/mol. The molecule has 0 aliphatic carbocycles. The van der Waals surface area contributed by atoms with Crippen molar-refractivity contribution in [2.75, 3.05) is 38.0 Å². The first-order valence-electron chi connectivity index (χ1n) is 10.0. The quantitative estimate of drug-likeness (QED) is 0.761. The van der Waals surface area contributed by atoms with Gasteiger partial charge >= 0.3 is 6.03 Å². The van der Waals surface area contributed by atoms with Crippen molar-refractivity contribution in [2.45, 2.75) is 19.9 Å². The Morgan fingerprint density at radius 3 is 2.33 bits per heavy atom. The Labute approximate surface area is 174 Å². The maximum atomic E-state index is 13.2. The normalized spacial score (nSPS) is 14.4. The molecule has 2 N–H and O–H groups in total. The minimum Gasteiger partial charge on any atom is -0.334 e. The van der Waals surface area contributed by atoms with E-state index < -0.39 is 11.6 Å². The van der Waals surface area contributed by atoms with Crippen LogP contribution in [0, 0.1) is 11.6 Å². The van der Waals surface area contributed by atoms with Crippen LogP contribution < -0.4 is 10.6 Å². The molecule has 0 radical (unpaired) electrons. The Balaban J connectivity index is 1.42. The molecule has 1 saturated heterocycles. The first kappa shape index (κ1) is 21.7. The number of rotatable bonds is 6. The summed E-state index contributed by atoms with van der Waals surface area (Å²) in [4.78, 5) is 28.3. The number of anilines is 1. The maximum Gasteiger partial charge on any atom is 0.317 e. The van der Waals surface area contributed by atoms with Gasteiger partial charge in [0.15, 0.2) is 0 Å². The average Bonchev–Trinajstić information content (AvgIpc) is 2.72. The van der Waals surface area contributed by atoms with E-state index in [2.05, 4.69) is 10.6 Å². The van der Waals surface area contributed by atoms with Crippen molar-refractivity contribution in [2.24, 2.45) is 0 Å². The molecule has 1 aliphatic rings. The zero-order chi connectivity index (χ0) is 21.5. The van der Waals surface area contributed by atoms with Crippen molar-refractivity contribution in [3.05, 3.63) is 65.2 Å². The van der Waals surface area contributed by atoms with Crippen LogP contribution in [0.4, 0.5) is 19.3 Å². The SMILES string of the molecule is CCc1ccccc1NC(=O)CN1CCN(C(=O)NCc2cc(F)cc(F)c2)CC1. The lowest BCUT2D eigenvalue weighted by molar-refractivity contribution is -0.117. The van der Waals surface area contributed by atoms with E-state index in [4.69, 9.17) is 0 Å². The Morgan fingerprint density at radius 1 is 1.00 bits per heavy atom. The van der Waals surface area contributed by atoms with Crippen LogP contribution in [0.15, 0.2) is 42.5 Å². The van der Waals surface area contributed by atoms with E-state index in [9.17, 15) is 18.4 Å². The summed E-state index contributed by atoms with van der Waals surface area (Å²) < 4.78 is 26.5. The third-order valence-corrected chi connectivity index (χ3v) is 5.07. The molecule has 0 atom stereocenters. The molecule has 30 heavy (non-hydrogen) atoms. The number of hydrogen-bond donors (Lipinski definition) is 2. The first-order valence-corrected chi connectivity index (χ1v) is 10.0. The van der Waals surface area contributed by atoms with E-state index in [0.29, 0.717) is 31.7 Å². The standard InChI is InChI=1S/C22H26F2N4O2/c1-2-17-5-3-4-6-20(17)26-21(29)15-27-7-9-28(10-8-27)22(30)25-14-16-11-18(23)13-19(24)12-16/h3-6,11-13H,2,7-10,14-15H2,1H3,(H,25,30)(H,26,29). The predicted octanol–water partition coefficient (Wildman–Crippen LogP) is 2.99. The third-order valence-electron chi connectivity index (χ3n) is 5.07. The zero-order valence-corrected chi connectivity index (χ0v) is 17.0. The topological polar surface area (TPSA) is 64.7 Å². The fourth-order valence-corrected chi connectivity index (χ4v) is 3.45. The highest BCUT2D eigenvalue weighted by molar-refractivity contribution is 5.93. The molecule has 1 fully saturated rings. The molecule has 2 aromatic rings. The number of piperazine rings is 1. The summed E-state index contributed by atoms with van der Waals surface area (Å²) in [5.41, 5.74) is 2.28. The van der Waals surface area contributed by atoms with Crippen molar-refractivity contribution in [3.63, 3.8) is 0 Å². The van der Waals surface area contributed by atoms with Gasteiger partial charge in [0.1, 0.15) is 11.6 Å². The average molecular weight is 416 g/mol. The molecule has 0 saturated carbocycles. The van der Waals surface area contributed by atoms with Crippen molar-refractivity contribution < 1.29 is 18.4 Å². The van der Waals surface area contributed by atoms with Gasteiger partial charge in [-0.2, -0.15) is 0 Å². The fourth-order valence-electron chi connectivity index (χ4n) is 3.45. The molecule has 0 unspecified atom stereocenters. The molecule has 0 spiro atoms. The molecule has 2 aromatic carbocycles. The molecule has 3 rings (SSSR count). The van der Waals surface area contributed by atoms with Gasteiger partial charge in [0, 0.05) is 44.5 Å². The van der Waals surface area contributed by atoms with E-state index in [0.717, 1.165) is 23.7 Å². The number of carbonyl (C=O) groups is 2. The Hall–Kier alpha value is -3.00. The van der Waals surface area contributed by atoms with Gasteiger partial charge < -0.3 is 15.5 Å². The van der Waals surface area contributed by atoms with Gasteiger partial charge in [-0.05, 0) is 35.7 Å². The number of nitrogens with zero attached hydrogens (tertiary/aromatic N) is 2. The minimum atomic E-state index is -0.673. The largest absolute Gasteiger partial charge is 0.334 e. The first-order chi connectivity index (χ1) is 14.4. The van der Waals surface area contributed by atoms with E-state index in [1.807, 2.05) is 36.1 Å². The molecular weight excluding hydrogens is 390 g/mol. The lowest BCUT2D eigenvalue weighted by Gasteiger charge is -2.34. The zero-order valence-electron chi connectivity index (χ0n) is 17.0. The molecule has 3 amide bonds. The summed E-state index contributed by atoms with van der Waals surface area (Å²) in [7, 11) is 0. The van der Waals surface area contributed by atoms with Crippen LogP contribution in [0.25, 0.3) is 0 Å². The van der Waals surface area contributed by atoms with Crippen molar-refractivity contribution in [1.82, 2.24) is 15.1 Å². The number of aryl methyl sites for hydroxylation is 1. The van der Waals surface area contributed by atoms with Crippen LogP contribution in [-0.2, 0) is 17.8 Å². The predicted molar refractivity (Wildman–Crippen MR) is 111 cm³/mol. The smallest absolute Gasteiger partial charge is 0.317 e. The number of para-hydroxylation sites is 1. The third kappa shape index (κ3) is 6.00. The Bertz CT molecular complexity index is 878. The Kier molecular flexibility index (Phi) is 7.35. The van der Waals surface area contributed by atoms with Crippen LogP contribution in [0.1, 0.15) is 18.1 Å². The van der Waals surface area contributed by atoms with Gasteiger partial charge in [-0.25, -0.2) is 13.6 Å². The molecule has 8 heteroatoms. The molecular formula is C22H26F2N4O2. The van der Waals surface area contributed by atoms with Crippen LogP contribution in [0.2, 0.25) is 0 Å².